The summed E-state index contributed by atoms with van der Waals surface area (Å²) in [5.41, 5.74) is 2.30. The summed E-state index contributed by atoms with van der Waals surface area (Å²) >= 11 is 0. The van der Waals surface area contributed by atoms with E-state index in [1.165, 1.54) is 5.57 Å². The topological polar surface area (TPSA) is 20.2 Å². The lowest BCUT2D eigenvalue weighted by Crippen LogP contribution is -2.15. The molecule has 1 N–H and O–H groups in total. The summed E-state index contributed by atoms with van der Waals surface area (Å²) in [5, 5.41) is 9.13. The van der Waals surface area contributed by atoms with Gasteiger partial charge in [-0.25, -0.2) is 0 Å². The van der Waals surface area contributed by atoms with E-state index < -0.39 is 0 Å². The van der Waals surface area contributed by atoms with Crippen LogP contribution < -0.4 is 0 Å². The quantitative estimate of drug-likeness (QED) is 0.606. The number of rotatable bonds is 1. The van der Waals surface area contributed by atoms with Crippen molar-refractivity contribution in [3.63, 3.8) is 0 Å². The van der Waals surface area contributed by atoms with Gasteiger partial charge in [-0.2, -0.15) is 0 Å². The Balaban J connectivity index is 3.13. The van der Waals surface area contributed by atoms with E-state index in [1.807, 2.05) is 19.1 Å². The van der Waals surface area contributed by atoms with E-state index in [2.05, 4.69) is 26.5 Å². The fourth-order valence-corrected chi connectivity index (χ4v) is 1.59. The zero-order valence-electron chi connectivity index (χ0n) is 8.46. The Kier molecular flexibility index (Phi) is 2.46. The van der Waals surface area contributed by atoms with Gasteiger partial charge in [0.05, 0.1) is 0 Å². The lowest BCUT2D eigenvalue weighted by Gasteiger charge is -2.28. The molecular formula is C12H16O. The van der Waals surface area contributed by atoms with Crippen molar-refractivity contribution in [2.75, 3.05) is 0 Å². The molecule has 0 atom stereocenters. The van der Waals surface area contributed by atoms with Gasteiger partial charge in [-0.3, -0.25) is 0 Å². The monoisotopic (exact) mass is 176 g/mol. The van der Waals surface area contributed by atoms with Crippen LogP contribution in [0.3, 0.4) is 0 Å². The van der Waals surface area contributed by atoms with Crippen molar-refractivity contribution in [3.05, 3.63) is 47.8 Å². The van der Waals surface area contributed by atoms with Gasteiger partial charge in [0.2, 0.25) is 0 Å². The molecule has 0 aromatic rings. The average molecular weight is 176 g/mol. The summed E-state index contributed by atoms with van der Waals surface area (Å²) in [6.07, 6.45) is 7.94. The summed E-state index contributed by atoms with van der Waals surface area (Å²) < 4.78 is 0. The molecule has 1 aliphatic carbocycles. The van der Waals surface area contributed by atoms with Crippen LogP contribution in [0.1, 0.15) is 20.8 Å². The van der Waals surface area contributed by atoms with Crippen LogP contribution in [0.15, 0.2) is 47.8 Å². The molecule has 0 saturated heterocycles. The third-order valence-corrected chi connectivity index (χ3v) is 2.29. The molecule has 0 bridgehead atoms. The smallest absolute Gasteiger partial charge is 0.108 e. The largest absolute Gasteiger partial charge is 0.509 e. The number of aliphatic hydroxyl groups is 1. The minimum atomic E-state index is -0.00942. The van der Waals surface area contributed by atoms with E-state index in [0.717, 1.165) is 5.57 Å². The van der Waals surface area contributed by atoms with Crippen molar-refractivity contribution in [2.45, 2.75) is 20.8 Å². The van der Waals surface area contributed by atoms with Crippen LogP contribution >= 0.6 is 0 Å². The minimum absolute atomic E-state index is 0.00942. The standard InChI is InChI=1S/C12H16O/c1-9-6-5-7-12(3,4)11(9)8-10(2)13/h5-8,13H,2H2,1,3-4H3/b11-8-. The molecule has 1 heteroatoms. The van der Waals surface area contributed by atoms with E-state index in [9.17, 15) is 0 Å². The molecule has 1 aliphatic rings. The predicted octanol–water partition coefficient (Wildman–Crippen LogP) is 3.53. The fourth-order valence-electron chi connectivity index (χ4n) is 1.59. The average Bonchev–Trinajstić information content (AvgIpc) is 1.96. The highest BCUT2D eigenvalue weighted by molar-refractivity contribution is 5.45. The molecule has 0 aliphatic heterocycles. The van der Waals surface area contributed by atoms with Crippen molar-refractivity contribution < 1.29 is 5.11 Å². The van der Waals surface area contributed by atoms with Gasteiger partial charge in [-0.15, -0.1) is 0 Å². The molecule has 0 aromatic carbocycles. The molecular weight excluding hydrogens is 160 g/mol. The first-order valence-corrected chi connectivity index (χ1v) is 4.40. The molecule has 1 nitrogen and oxygen atoms in total. The Morgan fingerprint density at radius 1 is 1.54 bits per heavy atom. The molecule has 0 amide bonds. The molecule has 0 saturated carbocycles. The lowest BCUT2D eigenvalue weighted by molar-refractivity contribution is 0.431. The van der Waals surface area contributed by atoms with Crippen molar-refractivity contribution in [2.24, 2.45) is 5.41 Å². The van der Waals surface area contributed by atoms with Crippen LogP contribution in [0.4, 0.5) is 0 Å². The Bertz CT molecular complexity index is 314. The Labute approximate surface area is 79.8 Å². The number of hydrogen-bond acceptors (Lipinski definition) is 1. The third-order valence-electron chi connectivity index (χ3n) is 2.29. The Hall–Kier alpha value is -1.24. The van der Waals surface area contributed by atoms with Gasteiger partial charge >= 0.3 is 0 Å². The van der Waals surface area contributed by atoms with Gasteiger partial charge < -0.3 is 5.11 Å². The van der Waals surface area contributed by atoms with Crippen LogP contribution in [-0.4, -0.2) is 5.11 Å². The van der Waals surface area contributed by atoms with E-state index in [-0.39, 0.29) is 11.2 Å². The van der Waals surface area contributed by atoms with E-state index in [4.69, 9.17) is 5.11 Å². The van der Waals surface area contributed by atoms with Gasteiger partial charge in [0.25, 0.3) is 0 Å². The van der Waals surface area contributed by atoms with E-state index >= 15 is 0 Å². The van der Waals surface area contributed by atoms with Crippen molar-refractivity contribution in [3.8, 4) is 0 Å². The first-order valence-electron chi connectivity index (χ1n) is 4.40. The summed E-state index contributed by atoms with van der Waals surface area (Å²) in [5.74, 6) is 0.117. The molecule has 0 unspecified atom stereocenters. The maximum absolute atomic E-state index is 9.13. The summed E-state index contributed by atoms with van der Waals surface area (Å²) in [7, 11) is 0. The molecule has 13 heavy (non-hydrogen) atoms. The highest BCUT2D eigenvalue weighted by Crippen LogP contribution is 2.36. The summed E-state index contributed by atoms with van der Waals surface area (Å²) in [4.78, 5) is 0. The lowest BCUT2D eigenvalue weighted by atomic mass is 9.77. The first-order chi connectivity index (χ1) is 5.93. The molecule has 0 aromatic heterocycles. The van der Waals surface area contributed by atoms with Crippen molar-refractivity contribution in [1.82, 2.24) is 0 Å². The van der Waals surface area contributed by atoms with Gasteiger partial charge in [0.1, 0.15) is 5.76 Å². The second-order valence-corrected chi connectivity index (χ2v) is 3.98. The molecule has 0 heterocycles. The number of hydrogen-bond donors (Lipinski definition) is 1. The van der Waals surface area contributed by atoms with Gasteiger partial charge in [-0.05, 0) is 24.1 Å². The minimum Gasteiger partial charge on any atom is -0.509 e. The molecule has 1 rings (SSSR count). The van der Waals surface area contributed by atoms with E-state index in [0.29, 0.717) is 0 Å². The summed E-state index contributed by atoms with van der Waals surface area (Å²) in [6.45, 7) is 9.76. The van der Waals surface area contributed by atoms with Crippen LogP contribution in [-0.2, 0) is 0 Å². The zero-order valence-corrected chi connectivity index (χ0v) is 8.46. The molecule has 0 spiro atoms. The highest BCUT2D eigenvalue weighted by atomic mass is 16.3. The van der Waals surface area contributed by atoms with E-state index in [1.54, 1.807) is 6.08 Å². The van der Waals surface area contributed by atoms with Crippen LogP contribution in [0.5, 0.6) is 0 Å². The fraction of sp³-hybridized carbons (Fsp3) is 0.333. The van der Waals surface area contributed by atoms with Gasteiger partial charge in [0, 0.05) is 5.41 Å². The van der Waals surface area contributed by atoms with Crippen LogP contribution in [0.25, 0.3) is 0 Å². The second-order valence-electron chi connectivity index (χ2n) is 3.98. The van der Waals surface area contributed by atoms with Crippen LogP contribution in [0.2, 0.25) is 0 Å². The zero-order chi connectivity index (χ0) is 10.1. The third kappa shape index (κ3) is 2.11. The molecule has 0 fully saturated rings. The van der Waals surface area contributed by atoms with Crippen molar-refractivity contribution >= 4 is 0 Å². The second kappa shape index (κ2) is 3.25. The van der Waals surface area contributed by atoms with Crippen molar-refractivity contribution in [1.29, 1.82) is 0 Å². The molecule has 70 valence electrons. The Morgan fingerprint density at radius 2 is 2.15 bits per heavy atom. The van der Waals surface area contributed by atoms with Crippen LogP contribution in [0, 0.1) is 5.41 Å². The normalized spacial score (nSPS) is 23.0. The summed E-state index contributed by atoms with van der Waals surface area (Å²) in [6, 6.07) is 0. The maximum atomic E-state index is 9.13. The molecule has 0 radical (unpaired) electrons. The van der Waals surface area contributed by atoms with Gasteiger partial charge in [0.15, 0.2) is 0 Å². The highest BCUT2D eigenvalue weighted by Gasteiger charge is 2.23. The first kappa shape index (κ1) is 9.85. The maximum Gasteiger partial charge on any atom is 0.108 e. The van der Waals surface area contributed by atoms with Gasteiger partial charge in [-0.1, -0.05) is 38.7 Å². The predicted molar refractivity (Wildman–Crippen MR) is 56.5 cm³/mol. The number of allylic oxidation sites excluding steroid dienone is 6. The number of aliphatic hydroxyl groups excluding tert-OH is 1. The SMILES string of the molecule is C=C(O)/C=C1/C(C)=CC=CC1(C)C. The Morgan fingerprint density at radius 3 is 2.62 bits per heavy atom.